The van der Waals surface area contributed by atoms with Crippen LogP contribution in [0.25, 0.3) is 11.1 Å². The highest BCUT2D eigenvalue weighted by molar-refractivity contribution is 9.10. The van der Waals surface area contributed by atoms with E-state index in [1.807, 2.05) is 0 Å². The zero-order valence-corrected chi connectivity index (χ0v) is 17.7. The number of benzene rings is 2. The van der Waals surface area contributed by atoms with E-state index in [1.165, 1.54) is 8.87 Å². The van der Waals surface area contributed by atoms with Crippen LogP contribution in [0.15, 0.2) is 67.1 Å². The number of hydrogen-bond acceptors (Lipinski definition) is 5. The van der Waals surface area contributed by atoms with Crippen molar-refractivity contribution in [3.8, 4) is 0 Å². The van der Waals surface area contributed by atoms with Gasteiger partial charge in [0, 0.05) is 30.7 Å². The number of carbonyl (C=O) groups is 1. The Morgan fingerprint density at radius 1 is 1.00 bits per heavy atom. The Kier molecular flexibility index (Phi) is 5.32. The molecular formula is C19H18BrN3O5S. The van der Waals surface area contributed by atoms with Crippen LogP contribution < -0.4 is 5.76 Å². The molecule has 0 unspecified atom stereocenters. The van der Waals surface area contributed by atoms with Crippen LogP contribution in [0.1, 0.15) is 0 Å². The Morgan fingerprint density at radius 3 is 2.38 bits per heavy atom. The van der Waals surface area contributed by atoms with Gasteiger partial charge in [-0.2, -0.15) is 4.31 Å². The van der Waals surface area contributed by atoms with Gasteiger partial charge in [-0.3, -0.25) is 9.36 Å². The molecule has 2 heterocycles. The smallest absolute Gasteiger partial charge is 0.408 e. The molecule has 0 atom stereocenters. The quantitative estimate of drug-likeness (QED) is 0.569. The number of oxazole rings is 1. The second kappa shape index (κ2) is 7.77. The van der Waals surface area contributed by atoms with Crippen LogP contribution in [0.5, 0.6) is 0 Å². The van der Waals surface area contributed by atoms with Crippen LogP contribution in [0.3, 0.4) is 0 Å². The van der Waals surface area contributed by atoms with E-state index in [4.69, 9.17) is 4.42 Å². The largest absolute Gasteiger partial charge is 0.420 e. The van der Waals surface area contributed by atoms with E-state index in [0.29, 0.717) is 15.6 Å². The number of sulfonamides is 1. The van der Waals surface area contributed by atoms with Gasteiger partial charge in [-0.1, -0.05) is 24.3 Å². The fourth-order valence-corrected chi connectivity index (χ4v) is 5.76. The Morgan fingerprint density at radius 2 is 1.66 bits per heavy atom. The van der Waals surface area contributed by atoms with Gasteiger partial charge in [0.15, 0.2) is 5.58 Å². The van der Waals surface area contributed by atoms with Crippen LogP contribution in [0.2, 0.25) is 0 Å². The predicted molar refractivity (Wildman–Crippen MR) is 110 cm³/mol. The molecule has 0 radical (unpaired) electrons. The third-order valence-electron chi connectivity index (χ3n) is 4.91. The molecule has 1 saturated heterocycles. The Bertz CT molecular complexity index is 1230. The summed E-state index contributed by atoms with van der Waals surface area (Å²) in [5.41, 5.74) is 0.982. The Balaban J connectivity index is 1.46. The second-order valence-electron chi connectivity index (χ2n) is 6.64. The van der Waals surface area contributed by atoms with Crippen molar-refractivity contribution < 1.29 is 17.6 Å². The first kappa shape index (κ1) is 19.9. The SMILES string of the molecule is O=C(Cn1c(=O)oc2ccccc21)N1CCN(S(=O)(=O)c2ccccc2Br)CC1. The van der Waals surface area contributed by atoms with Crippen molar-refractivity contribution in [3.05, 3.63) is 63.6 Å². The first-order chi connectivity index (χ1) is 13.9. The summed E-state index contributed by atoms with van der Waals surface area (Å²) < 4.78 is 34.1. The second-order valence-corrected chi connectivity index (χ2v) is 9.40. The third-order valence-corrected chi connectivity index (χ3v) is 7.82. The molecule has 10 heteroatoms. The van der Waals surface area contributed by atoms with E-state index in [1.54, 1.807) is 53.4 Å². The number of amides is 1. The molecule has 0 spiro atoms. The number of hydrogen-bond donors (Lipinski definition) is 0. The van der Waals surface area contributed by atoms with Gasteiger partial charge in [0.2, 0.25) is 15.9 Å². The molecule has 0 bridgehead atoms. The van der Waals surface area contributed by atoms with Crippen LogP contribution in [0, 0.1) is 0 Å². The first-order valence-corrected chi connectivity index (χ1v) is 11.2. The summed E-state index contributed by atoms with van der Waals surface area (Å²) in [6, 6.07) is 13.6. The van der Waals surface area contributed by atoms with Gasteiger partial charge < -0.3 is 9.32 Å². The van der Waals surface area contributed by atoms with E-state index < -0.39 is 15.8 Å². The third kappa shape index (κ3) is 3.75. The van der Waals surface area contributed by atoms with E-state index in [9.17, 15) is 18.0 Å². The highest BCUT2D eigenvalue weighted by Gasteiger charge is 2.31. The summed E-state index contributed by atoms with van der Waals surface area (Å²) in [5, 5.41) is 0. The molecule has 2 aromatic carbocycles. The summed E-state index contributed by atoms with van der Waals surface area (Å²) in [5.74, 6) is -0.841. The lowest BCUT2D eigenvalue weighted by Crippen LogP contribution is -2.51. The summed E-state index contributed by atoms with van der Waals surface area (Å²) in [7, 11) is -3.65. The highest BCUT2D eigenvalue weighted by atomic mass is 79.9. The van der Waals surface area contributed by atoms with Crippen LogP contribution in [0.4, 0.5) is 0 Å². The molecule has 1 amide bonds. The Labute approximate surface area is 175 Å². The minimum Gasteiger partial charge on any atom is -0.408 e. The zero-order chi connectivity index (χ0) is 20.6. The van der Waals surface area contributed by atoms with E-state index in [-0.39, 0.29) is 43.5 Å². The van der Waals surface area contributed by atoms with Gasteiger partial charge >= 0.3 is 5.76 Å². The van der Waals surface area contributed by atoms with Crippen molar-refractivity contribution >= 4 is 43.0 Å². The maximum absolute atomic E-state index is 12.9. The summed E-state index contributed by atoms with van der Waals surface area (Å²) >= 11 is 3.28. The number of fused-ring (bicyclic) bond motifs is 1. The molecule has 29 heavy (non-hydrogen) atoms. The highest BCUT2D eigenvalue weighted by Crippen LogP contribution is 2.25. The van der Waals surface area contributed by atoms with Crippen molar-refractivity contribution in [2.24, 2.45) is 0 Å². The predicted octanol–water partition coefficient (Wildman–Crippen LogP) is 1.89. The van der Waals surface area contributed by atoms with Gasteiger partial charge in [0.25, 0.3) is 0 Å². The van der Waals surface area contributed by atoms with Crippen molar-refractivity contribution in [3.63, 3.8) is 0 Å². The number of carbonyl (C=O) groups excluding carboxylic acids is 1. The number of halogens is 1. The fraction of sp³-hybridized carbons (Fsp3) is 0.263. The number of rotatable bonds is 4. The van der Waals surface area contributed by atoms with Crippen molar-refractivity contribution in [1.82, 2.24) is 13.8 Å². The van der Waals surface area contributed by atoms with Crippen LogP contribution in [-0.4, -0.2) is 54.3 Å². The minimum absolute atomic E-state index is 0.146. The standard InChI is InChI=1S/C19H18BrN3O5S/c20-14-5-1-4-8-17(14)29(26,27)22-11-9-21(10-12-22)18(24)13-23-15-6-2-3-7-16(15)28-19(23)25/h1-8H,9-13H2. The maximum atomic E-state index is 12.9. The average Bonchev–Trinajstić information content (AvgIpc) is 3.03. The first-order valence-electron chi connectivity index (χ1n) is 8.99. The summed E-state index contributed by atoms with van der Waals surface area (Å²) in [4.78, 5) is 26.5. The lowest BCUT2D eigenvalue weighted by Gasteiger charge is -2.34. The minimum atomic E-state index is -3.65. The number of piperazine rings is 1. The molecule has 3 aromatic rings. The van der Waals surface area contributed by atoms with E-state index in [0.717, 1.165) is 0 Å². The molecule has 8 nitrogen and oxygen atoms in total. The molecule has 0 N–H and O–H groups in total. The molecule has 1 aromatic heterocycles. The van der Waals surface area contributed by atoms with E-state index in [2.05, 4.69) is 15.9 Å². The van der Waals surface area contributed by atoms with Crippen molar-refractivity contribution in [2.45, 2.75) is 11.4 Å². The average molecular weight is 480 g/mol. The van der Waals surface area contributed by atoms with E-state index >= 15 is 0 Å². The molecular weight excluding hydrogens is 462 g/mol. The van der Waals surface area contributed by atoms with Gasteiger partial charge in [-0.05, 0) is 40.2 Å². The van der Waals surface area contributed by atoms with Crippen LogP contribution in [-0.2, 0) is 21.4 Å². The summed E-state index contributed by atoms with van der Waals surface area (Å²) in [6.07, 6.45) is 0. The van der Waals surface area contributed by atoms with Crippen molar-refractivity contribution in [1.29, 1.82) is 0 Å². The molecule has 1 fully saturated rings. The number of nitrogens with zero attached hydrogens (tertiary/aromatic N) is 3. The fourth-order valence-electron chi connectivity index (χ4n) is 3.37. The monoisotopic (exact) mass is 479 g/mol. The molecule has 0 aliphatic carbocycles. The van der Waals surface area contributed by atoms with Crippen molar-refractivity contribution in [2.75, 3.05) is 26.2 Å². The molecule has 1 aliphatic rings. The van der Waals surface area contributed by atoms with Gasteiger partial charge in [-0.25, -0.2) is 13.2 Å². The molecule has 1 aliphatic heterocycles. The van der Waals surface area contributed by atoms with Gasteiger partial charge in [-0.15, -0.1) is 0 Å². The van der Waals surface area contributed by atoms with Gasteiger partial charge in [0.1, 0.15) is 6.54 Å². The number of aromatic nitrogens is 1. The topological polar surface area (TPSA) is 92.8 Å². The Hall–Kier alpha value is -2.43. The zero-order valence-electron chi connectivity index (χ0n) is 15.3. The lowest BCUT2D eigenvalue weighted by atomic mass is 10.3. The van der Waals surface area contributed by atoms with Crippen LogP contribution >= 0.6 is 15.9 Å². The molecule has 0 saturated carbocycles. The number of para-hydroxylation sites is 2. The lowest BCUT2D eigenvalue weighted by molar-refractivity contribution is -0.133. The molecule has 152 valence electrons. The maximum Gasteiger partial charge on any atom is 0.420 e. The molecule has 4 rings (SSSR count). The summed E-state index contributed by atoms with van der Waals surface area (Å²) in [6.45, 7) is 0.750. The normalized spacial score (nSPS) is 15.7. The van der Waals surface area contributed by atoms with Gasteiger partial charge in [0.05, 0.1) is 10.4 Å².